The van der Waals surface area contributed by atoms with Crippen LogP contribution in [0.2, 0.25) is 0 Å². The Morgan fingerprint density at radius 3 is 1.48 bits per heavy atom. The Bertz CT molecular complexity index is 1030. The van der Waals surface area contributed by atoms with Gasteiger partial charge in [-0.25, -0.2) is 9.59 Å². The summed E-state index contributed by atoms with van der Waals surface area (Å²) in [5, 5.41) is 0. The number of ether oxygens (including phenoxy) is 6. The topological polar surface area (TPSA) is 89.5 Å². The molecule has 0 aromatic carbocycles. The number of allylic oxidation sites excluding steroid dienone is 2. The molecule has 8 nitrogen and oxygen atoms in total. The van der Waals surface area contributed by atoms with Crippen LogP contribution in [0, 0.1) is 58.2 Å². The van der Waals surface area contributed by atoms with Gasteiger partial charge < -0.3 is 28.4 Å². The van der Waals surface area contributed by atoms with Crippen LogP contribution in [0.1, 0.15) is 6.42 Å². The molecule has 8 heteroatoms. The molecule has 4 spiro atoms. The van der Waals surface area contributed by atoms with E-state index in [0.717, 1.165) is 6.42 Å². The molecule has 0 amide bonds. The highest BCUT2D eigenvalue weighted by Gasteiger charge is 3.07. The van der Waals surface area contributed by atoms with Gasteiger partial charge in [0.25, 0.3) is 0 Å². The molecule has 2 heterocycles. The Morgan fingerprint density at radius 1 is 0.727 bits per heavy atom. The fourth-order valence-electron chi connectivity index (χ4n) is 12.0. The lowest BCUT2D eigenvalue weighted by molar-refractivity contribution is -0.448. The van der Waals surface area contributed by atoms with Crippen LogP contribution in [0.4, 0.5) is 0 Å². The summed E-state index contributed by atoms with van der Waals surface area (Å²) in [5.74, 6) is -1.17. The van der Waals surface area contributed by atoms with Crippen molar-refractivity contribution in [1.82, 2.24) is 0 Å². The smallest absolute Gasteiger partial charge is 0.334 e. The van der Waals surface area contributed by atoms with Crippen molar-refractivity contribution < 1.29 is 38.0 Å². The van der Waals surface area contributed by atoms with Crippen molar-refractivity contribution in [2.45, 2.75) is 18.0 Å². The van der Waals surface area contributed by atoms with Crippen molar-refractivity contribution in [2.75, 3.05) is 40.6 Å². The zero-order chi connectivity index (χ0) is 22.1. The number of hydrogen-bond donors (Lipinski definition) is 0. The SMILES string of the molecule is COC(=O)C1=C(C(=O)OC)[C@@H]2C=C[C@H]1[C@@]13[C@H]4[C@@H]5C[C@H]6[C@@H]([C@@H]5C15OCCO5)C1(OCCO1)[C@@]23[C@H]64. The van der Waals surface area contributed by atoms with E-state index in [1.54, 1.807) is 0 Å². The zero-order valence-corrected chi connectivity index (χ0v) is 18.6. The molecule has 0 aromatic rings. The monoisotopic (exact) mass is 454 g/mol. The molecule has 0 unspecified atom stereocenters. The molecule has 7 fully saturated rings. The Balaban J connectivity index is 1.43. The quantitative estimate of drug-likeness (QED) is 0.452. The van der Waals surface area contributed by atoms with Gasteiger partial charge in [0, 0.05) is 23.7 Å². The first-order chi connectivity index (χ1) is 16.1. The molecule has 0 N–H and O–H groups in total. The molecule has 10 atom stereocenters. The number of carbonyl (C=O) groups excluding carboxylic acids is 2. The Kier molecular flexibility index (Phi) is 2.87. The fraction of sp³-hybridized carbons (Fsp3) is 0.760. The van der Waals surface area contributed by atoms with Crippen LogP contribution < -0.4 is 0 Å². The van der Waals surface area contributed by atoms with E-state index in [0.29, 0.717) is 61.2 Å². The van der Waals surface area contributed by atoms with Gasteiger partial charge in [-0.2, -0.15) is 0 Å². The third-order valence-corrected chi connectivity index (χ3v) is 11.6. The summed E-state index contributed by atoms with van der Waals surface area (Å²) in [4.78, 5) is 26.6. The second-order valence-corrected chi connectivity index (χ2v) is 11.3. The molecule has 33 heavy (non-hydrogen) atoms. The standard InChI is InChI=1S/C25H26O8/c1-28-20(26)14-12-3-4-13(15(14)21(27)29-2)23-17-11-9-10-16(17)22(12,23)24(30-5-6-31-24)18(10)19(11)25(23)32-7-8-33-25/h3-4,10-13,16-19H,5-9H2,1-2H3/t10-,11+,12+,13-,16-,17+,18+,19-,22-,23+. The number of fused-ring (bicyclic) bond motifs is 3. The molecule has 2 aliphatic heterocycles. The molecule has 8 aliphatic carbocycles. The zero-order valence-electron chi connectivity index (χ0n) is 18.6. The van der Waals surface area contributed by atoms with Crippen LogP contribution in [0.15, 0.2) is 23.3 Å². The molecular weight excluding hydrogens is 428 g/mol. The third-order valence-electron chi connectivity index (χ3n) is 11.6. The summed E-state index contributed by atoms with van der Waals surface area (Å²) >= 11 is 0. The van der Waals surface area contributed by atoms with Gasteiger partial charge in [0.1, 0.15) is 0 Å². The second kappa shape index (κ2) is 5.10. The van der Waals surface area contributed by atoms with Gasteiger partial charge in [0.15, 0.2) is 11.6 Å². The maximum Gasteiger partial charge on any atom is 0.334 e. The molecule has 5 saturated carbocycles. The van der Waals surface area contributed by atoms with Crippen molar-refractivity contribution in [3.05, 3.63) is 23.3 Å². The van der Waals surface area contributed by atoms with E-state index in [-0.39, 0.29) is 23.7 Å². The minimum Gasteiger partial charge on any atom is -0.466 e. The highest BCUT2D eigenvalue weighted by molar-refractivity contribution is 6.03. The summed E-state index contributed by atoms with van der Waals surface area (Å²) in [7, 11) is 2.75. The van der Waals surface area contributed by atoms with Crippen LogP contribution in [-0.2, 0) is 38.0 Å². The normalized spacial score (nSPS) is 55.2. The van der Waals surface area contributed by atoms with Crippen LogP contribution >= 0.6 is 0 Å². The molecule has 174 valence electrons. The van der Waals surface area contributed by atoms with E-state index in [1.807, 2.05) is 0 Å². The molecule has 0 radical (unpaired) electrons. The van der Waals surface area contributed by atoms with Crippen molar-refractivity contribution in [1.29, 1.82) is 0 Å². The van der Waals surface area contributed by atoms with Crippen molar-refractivity contribution >= 4 is 11.9 Å². The first-order valence-electron chi connectivity index (χ1n) is 12.2. The van der Waals surface area contributed by atoms with Gasteiger partial charge in [-0.05, 0) is 30.1 Å². The van der Waals surface area contributed by atoms with E-state index >= 15 is 0 Å². The molecule has 4 bridgehead atoms. The van der Waals surface area contributed by atoms with E-state index < -0.39 is 34.3 Å². The number of esters is 2. The number of hydrogen-bond acceptors (Lipinski definition) is 8. The minimum atomic E-state index is -0.774. The van der Waals surface area contributed by atoms with Crippen molar-refractivity contribution in [3.63, 3.8) is 0 Å². The summed E-state index contributed by atoms with van der Waals surface area (Å²) in [6.07, 6.45) is 5.36. The molecule has 2 saturated heterocycles. The number of methoxy groups -OCH3 is 2. The van der Waals surface area contributed by atoms with Crippen LogP contribution in [0.25, 0.3) is 0 Å². The first-order valence-corrected chi connectivity index (χ1v) is 12.2. The lowest BCUT2D eigenvalue weighted by Gasteiger charge is -2.79. The summed E-state index contributed by atoms with van der Waals surface area (Å²) in [6, 6.07) is 0. The Hall–Kier alpha value is -1.74. The lowest BCUT2D eigenvalue weighted by Crippen LogP contribution is -2.85. The first kappa shape index (κ1) is 18.6. The van der Waals surface area contributed by atoms with Gasteiger partial charge >= 0.3 is 11.9 Å². The Labute approximate surface area is 190 Å². The molecule has 10 rings (SSSR count). The van der Waals surface area contributed by atoms with Gasteiger partial charge in [-0.3, -0.25) is 0 Å². The van der Waals surface area contributed by atoms with E-state index in [9.17, 15) is 9.59 Å². The largest absolute Gasteiger partial charge is 0.466 e. The predicted octanol–water partition coefficient (Wildman–Crippen LogP) is 1.06. The summed E-state index contributed by atoms with van der Waals surface area (Å²) < 4.78 is 37.3. The van der Waals surface area contributed by atoms with Crippen molar-refractivity contribution in [3.8, 4) is 0 Å². The highest BCUT2D eigenvalue weighted by atomic mass is 16.8. The average molecular weight is 454 g/mol. The summed E-state index contributed by atoms with van der Waals surface area (Å²) in [6.45, 7) is 2.19. The van der Waals surface area contributed by atoms with Gasteiger partial charge in [-0.15, -0.1) is 0 Å². The maximum atomic E-state index is 13.3. The van der Waals surface area contributed by atoms with Crippen molar-refractivity contribution in [2.24, 2.45) is 58.2 Å². The number of carbonyl (C=O) groups is 2. The highest BCUT2D eigenvalue weighted by Crippen LogP contribution is 3.02. The Morgan fingerprint density at radius 2 is 1.12 bits per heavy atom. The van der Waals surface area contributed by atoms with Gasteiger partial charge in [0.2, 0.25) is 0 Å². The van der Waals surface area contributed by atoms with Crippen LogP contribution in [-0.4, -0.2) is 64.2 Å². The van der Waals surface area contributed by atoms with E-state index in [4.69, 9.17) is 28.4 Å². The third kappa shape index (κ3) is 1.30. The predicted molar refractivity (Wildman–Crippen MR) is 107 cm³/mol. The average Bonchev–Trinajstić information content (AvgIpc) is 3.61. The molecular formula is C25H26O8. The van der Waals surface area contributed by atoms with Crippen LogP contribution in [0.5, 0.6) is 0 Å². The molecule has 0 aromatic heterocycles. The van der Waals surface area contributed by atoms with Crippen LogP contribution in [0.3, 0.4) is 0 Å². The van der Waals surface area contributed by atoms with Gasteiger partial charge in [-0.1, -0.05) is 12.2 Å². The second-order valence-electron chi connectivity index (χ2n) is 11.3. The van der Waals surface area contributed by atoms with E-state index in [2.05, 4.69) is 12.2 Å². The molecule has 10 aliphatic rings. The maximum absolute atomic E-state index is 13.3. The lowest BCUT2D eigenvalue weighted by atomic mass is 9.26. The fourth-order valence-corrected chi connectivity index (χ4v) is 12.0. The van der Waals surface area contributed by atoms with E-state index in [1.165, 1.54) is 14.2 Å². The summed E-state index contributed by atoms with van der Waals surface area (Å²) in [5.41, 5.74) is -0.187. The minimum absolute atomic E-state index is 0.188. The van der Waals surface area contributed by atoms with Gasteiger partial charge in [0.05, 0.1) is 62.6 Å². The number of rotatable bonds is 2.